The number of benzene rings is 2. The number of aryl methyl sites for hydroxylation is 1. The number of para-hydroxylation sites is 1. The van der Waals surface area contributed by atoms with E-state index in [2.05, 4.69) is 45.4 Å². The van der Waals surface area contributed by atoms with Gasteiger partial charge in [-0.25, -0.2) is 4.98 Å². The van der Waals surface area contributed by atoms with E-state index in [-0.39, 0.29) is 10.8 Å². The average Bonchev–Trinajstić information content (AvgIpc) is 3.12. The molecule has 0 saturated heterocycles. The SMILES string of the molecule is Cc1cccc(Nc2nnc(S[C@H](C)c3nc4ccccc4c(=O)[nH]3)s2)c1C. The molecule has 2 aromatic carbocycles. The molecule has 0 unspecified atom stereocenters. The molecule has 142 valence electrons. The number of H-pyrrole nitrogens is 1. The molecule has 2 N–H and O–H groups in total. The van der Waals surface area contributed by atoms with Gasteiger partial charge in [0.05, 0.1) is 16.2 Å². The normalized spacial score (nSPS) is 12.2. The van der Waals surface area contributed by atoms with Crippen LogP contribution in [0.15, 0.2) is 51.6 Å². The van der Waals surface area contributed by atoms with Gasteiger partial charge in [-0.3, -0.25) is 4.79 Å². The van der Waals surface area contributed by atoms with Crippen molar-refractivity contribution in [3.8, 4) is 0 Å². The highest BCUT2D eigenvalue weighted by atomic mass is 32.2. The fourth-order valence-corrected chi connectivity index (χ4v) is 4.78. The number of hydrogen-bond donors (Lipinski definition) is 2. The number of thioether (sulfide) groups is 1. The van der Waals surface area contributed by atoms with Gasteiger partial charge in [0.15, 0.2) is 4.34 Å². The Balaban J connectivity index is 1.52. The number of nitrogens with zero attached hydrogens (tertiary/aromatic N) is 3. The van der Waals surface area contributed by atoms with Crippen LogP contribution in [0.3, 0.4) is 0 Å². The van der Waals surface area contributed by atoms with Gasteiger partial charge in [0.2, 0.25) is 5.13 Å². The summed E-state index contributed by atoms with van der Waals surface area (Å²) in [6.07, 6.45) is 0. The molecule has 1 atom stereocenters. The molecule has 4 aromatic rings. The molecule has 0 radical (unpaired) electrons. The van der Waals surface area contributed by atoms with Crippen LogP contribution in [0.5, 0.6) is 0 Å². The number of aromatic amines is 1. The van der Waals surface area contributed by atoms with E-state index < -0.39 is 0 Å². The maximum Gasteiger partial charge on any atom is 0.258 e. The first-order valence-electron chi connectivity index (χ1n) is 8.83. The second-order valence-electron chi connectivity index (χ2n) is 6.47. The minimum atomic E-state index is -0.123. The van der Waals surface area contributed by atoms with Crippen LogP contribution in [0.25, 0.3) is 10.9 Å². The summed E-state index contributed by atoms with van der Waals surface area (Å²) in [6, 6.07) is 13.5. The molecule has 0 spiro atoms. The summed E-state index contributed by atoms with van der Waals surface area (Å²) >= 11 is 3.01. The fourth-order valence-electron chi connectivity index (χ4n) is 2.81. The van der Waals surface area contributed by atoms with E-state index in [1.807, 2.05) is 37.3 Å². The van der Waals surface area contributed by atoms with E-state index in [9.17, 15) is 4.79 Å². The zero-order valence-corrected chi connectivity index (χ0v) is 17.3. The van der Waals surface area contributed by atoms with Crippen molar-refractivity contribution >= 4 is 44.8 Å². The van der Waals surface area contributed by atoms with Crippen molar-refractivity contribution in [2.75, 3.05) is 5.32 Å². The smallest absolute Gasteiger partial charge is 0.258 e. The van der Waals surface area contributed by atoms with Crippen molar-refractivity contribution in [2.24, 2.45) is 0 Å². The molecular weight excluding hydrogens is 390 g/mol. The molecule has 0 amide bonds. The second-order valence-corrected chi connectivity index (χ2v) is 9.04. The second kappa shape index (κ2) is 7.73. The van der Waals surface area contributed by atoms with Crippen LogP contribution in [0.1, 0.15) is 29.1 Å². The monoisotopic (exact) mass is 409 g/mol. The third kappa shape index (κ3) is 3.79. The van der Waals surface area contributed by atoms with Crippen molar-refractivity contribution in [3.63, 3.8) is 0 Å². The van der Waals surface area contributed by atoms with Crippen molar-refractivity contribution in [3.05, 3.63) is 69.8 Å². The molecule has 0 aliphatic carbocycles. The third-order valence-corrected chi connectivity index (χ3v) is 6.58. The van der Waals surface area contributed by atoms with Crippen molar-refractivity contribution in [2.45, 2.75) is 30.4 Å². The minimum absolute atomic E-state index is 0.0567. The number of rotatable bonds is 5. The molecule has 4 rings (SSSR count). The lowest BCUT2D eigenvalue weighted by molar-refractivity contribution is 0.916. The van der Waals surface area contributed by atoms with Crippen molar-refractivity contribution < 1.29 is 0 Å². The first kappa shape index (κ1) is 18.6. The lowest BCUT2D eigenvalue weighted by Gasteiger charge is -2.09. The molecular formula is C20H19N5OS2. The van der Waals surface area contributed by atoms with Gasteiger partial charge in [-0.15, -0.1) is 10.2 Å². The predicted octanol–water partition coefficient (Wildman–Crippen LogP) is 4.99. The Hall–Kier alpha value is -2.71. The van der Waals surface area contributed by atoms with Gasteiger partial charge in [0.25, 0.3) is 5.56 Å². The van der Waals surface area contributed by atoms with Gasteiger partial charge in [0.1, 0.15) is 5.82 Å². The number of anilines is 2. The number of hydrogen-bond acceptors (Lipinski definition) is 7. The molecule has 28 heavy (non-hydrogen) atoms. The predicted molar refractivity (Wildman–Crippen MR) is 116 cm³/mol. The van der Waals surface area contributed by atoms with Crippen LogP contribution in [-0.4, -0.2) is 20.2 Å². The molecule has 0 bridgehead atoms. The highest BCUT2D eigenvalue weighted by Gasteiger charge is 2.15. The Bertz CT molecular complexity index is 1200. The van der Waals surface area contributed by atoms with Crippen LogP contribution >= 0.6 is 23.1 Å². The van der Waals surface area contributed by atoms with Gasteiger partial charge < -0.3 is 10.3 Å². The molecule has 0 fully saturated rings. The zero-order chi connectivity index (χ0) is 19.7. The fraction of sp³-hybridized carbons (Fsp3) is 0.200. The Morgan fingerprint density at radius 3 is 2.79 bits per heavy atom. The lowest BCUT2D eigenvalue weighted by Crippen LogP contribution is -2.12. The number of aromatic nitrogens is 4. The Morgan fingerprint density at radius 1 is 1.11 bits per heavy atom. The van der Waals surface area contributed by atoms with Gasteiger partial charge >= 0.3 is 0 Å². The quantitative estimate of drug-likeness (QED) is 0.452. The first-order valence-corrected chi connectivity index (χ1v) is 10.5. The number of fused-ring (bicyclic) bond motifs is 1. The van der Waals surface area contributed by atoms with Crippen molar-refractivity contribution in [1.82, 2.24) is 20.2 Å². The van der Waals surface area contributed by atoms with Gasteiger partial charge in [-0.05, 0) is 50.1 Å². The van der Waals surface area contributed by atoms with E-state index in [0.29, 0.717) is 16.7 Å². The van der Waals surface area contributed by atoms with Crippen LogP contribution in [0, 0.1) is 13.8 Å². The summed E-state index contributed by atoms with van der Waals surface area (Å²) in [6.45, 7) is 6.16. The molecule has 6 nitrogen and oxygen atoms in total. The summed E-state index contributed by atoms with van der Waals surface area (Å²) in [5, 5.41) is 13.1. The minimum Gasteiger partial charge on any atom is -0.330 e. The van der Waals surface area contributed by atoms with E-state index in [1.165, 1.54) is 34.2 Å². The Morgan fingerprint density at radius 2 is 1.93 bits per heavy atom. The largest absolute Gasteiger partial charge is 0.330 e. The third-order valence-electron chi connectivity index (χ3n) is 4.55. The zero-order valence-electron chi connectivity index (χ0n) is 15.7. The van der Waals surface area contributed by atoms with Crippen LogP contribution in [-0.2, 0) is 0 Å². The highest BCUT2D eigenvalue weighted by molar-refractivity contribution is 8.01. The maximum absolute atomic E-state index is 12.3. The maximum atomic E-state index is 12.3. The first-order chi connectivity index (χ1) is 13.5. The summed E-state index contributed by atoms with van der Waals surface area (Å²) < 4.78 is 0.816. The van der Waals surface area contributed by atoms with Gasteiger partial charge in [-0.2, -0.15) is 0 Å². The van der Waals surface area contributed by atoms with Gasteiger partial charge in [0, 0.05) is 5.69 Å². The highest BCUT2D eigenvalue weighted by Crippen LogP contribution is 2.37. The van der Waals surface area contributed by atoms with Crippen LogP contribution < -0.4 is 10.9 Å². The Kier molecular flexibility index (Phi) is 5.15. The average molecular weight is 410 g/mol. The summed E-state index contributed by atoms with van der Waals surface area (Å²) in [7, 11) is 0. The molecule has 2 aromatic heterocycles. The van der Waals surface area contributed by atoms with Crippen molar-refractivity contribution in [1.29, 1.82) is 0 Å². The summed E-state index contributed by atoms with van der Waals surface area (Å²) in [5.74, 6) is 0.632. The number of nitrogens with one attached hydrogen (secondary N) is 2. The lowest BCUT2D eigenvalue weighted by atomic mass is 10.1. The van der Waals surface area contributed by atoms with Crippen LogP contribution in [0.4, 0.5) is 10.8 Å². The standard InChI is InChI=1S/C20H19N5OS2/c1-11-7-6-10-15(12(11)2)22-19-24-25-20(28-19)27-13(3)17-21-16-9-5-4-8-14(16)18(26)23-17/h4-10,13H,1-3H3,(H,22,24)(H,21,23,26)/t13-/m1/s1. The molecule has 0 saturated carbocycles. The molecule has 0 aliphatic heterocycles. The molecule has 2 heterocycles. The summed E-state index contributed by atoms with van der Waals surface area (Å²) in [4.78, 5) is 19.8. The summed E-state index contributed by atoms with van der Waals surface area (Å²) in [5.41, 5.74) is 4.02. The molecule has 8 heteroatoms. The van der Waals surface area contributed by atoms with E-state index in [1.54, 1.807) is 6.07 Å². The van der Waals surface area contributed by atoms with E-state index in [4.69, 9.17) is 0 Å². The molecule has 0 aliphatic rings. The van der Waals surface area contributed by atoms with E-state index >= 15 is 0 Å². The van der Waals surface area contributed by atoms with Gasteiger partial charge in [-0.1, -0.05) is 47.4 Å². The van der Waals surface area contributed by atoms with Crippen LogP contribution in [0.2, 0.25) is 0 Å². The topological polar surface area (TPSA) is 83.6 Å². The Labute approximate surface area is 170 Å². The van der Waals surface area contributed by atoms with E-state index in [0.717, 1.165) is 15.2 Å².